The van der Waals surface area contributed by atoms with Gasteiger partial charge in [0.05, 0.1) is 11.7 Å². The van der Waals surface area contributed by atoms with Crippen molar-refractivity contribution in [1.82, 2.24) is 19.4 Å². The van der Waals surface area contributed by atoms with Crippen molar-refractivity contribution < 1.29 is 27.7 Å². The van der Waals surface area contributed by atoms with Crippen LogP contribution in [0.3, 0.4) is 0 Å². The first-order valence-electron chi connectivity index (χ1n) is 7.43. The van der Waals surface area contributed by atoms with Crippen LogP contribution in [0.1, 0.15) is 17.7 Å². The van der Waals surface area contributed by atoms with Crippen molar-refractivity contribution in [2.24, 2.45) is 0 Å². The monoisotopic (exact) mass is 395 g/mol. The number of carbonyl (C=O) groups excluding carboxylic acids is 2. The Morgan fingerprint density at radius 3 is 2.50 bits per heavy atom. The van der Waals surface area contributed by atoms with Crippen LogP contribution in [0.4, 0.5) is 10.5 Å². The molecule has 3 amide bonds. The fourth-order valence-electron chi connectivity index (χ4n) is 3.30. The Morgan fingerprint density at radius 2 is 1.92 bits per heavy atom. The second kappa shape index (κ2) is 6.93. The number of anilines is 1. The summed E-state index contributed by atoms with van der Waals surface area (Å²) in [6, 6.07) is -2.30. The van der Waals surface area contributed by atoms with Gasteiger partial charge >= 0.3 is 45.9 Å². The molecular formula is C13H18N5NaO6S. The summed E-state index contributed by atoms with van der Waals surface area (Å²) in [7, 11) is -3.22. The van der Waals surface area contributed by atoms with E-state index in [9.17, 15) is 23.1 Å². The molecule has 1 aromatic rings. The maximum absolute atomic E-state index is 12.8. The minimum absolute atomic E-state index is 0. The molecule has 2 aliphatic heterocycles. The fraction of sp³-hybridized carbons (Fsp3) is 0.538. The van der Waals surface area contributed by atoms with E-state index < -0.39 is 40.2 Å². The molecule has 0 bridgehead atoms. The number of urea groups is 1. The molecule has 2 atom stereocenters. The van der Waals surface area contributed by atoms with E-state index in [0.29, 0.717) is 15.6 Å². The summed E-state index contributed by atoms with van der Waals surface area (Å²) in [4.78, 5) is 27.2. The van der Waals surface area contributed by atoms with Crippen molar-refractivity contribution in [3.05, 3.63) is 11.3 Å². The van der Waals surface area contributed by atoms with Gasteiger partial charge in [-0.25, -0.2) is 9.10 Å². The number of β-lactam (4-membered cyclic amide) rings is 1. The van der Waals surface area contributed by atoms with E-state index >= 15 is 0 Å². The Morgan fingerprint density at radius 1 is 1.31 bits per heavy atom. The Bertz CT molecular complexity index is 878. The molecule has 26 heavy (non-hydrogen) atoms. The van der Waals surface area contributed by atoms with Gasteiger partial charge in [0.1, 0.15) is 11.7 Å². The van der Waals surface area contributed by atoms with E-state index in [1.165, 1.54) is 11.9 Å². The van der Waals surface area contributed by atoms with Crippen LogP contribution >= 0.6 is 0 Å². The summed E-state index contributed by atoms with van der Waals surface area (Å²) >= 11 is 0. The van der Waals surface area contributed by atoms with E-state index in [-0.39, 0.29) is 48.2 Å². The van der Waals surface area contributed by atoms with Crippen molar-refractivity contribution >= 4 is 57.5 Å². The van der Waals surface area contributed by atoms with Crippen LogP contribution in [0.25, 0.3) is 0 Å². The van der Waals surface area contributed by atoms with Crippen LogP contribution in [-0.2, 0) is 15.1 Å². The van der Waals surface area contributed by atoms with Gasteiger partial charge in [-0.1, -0.05) is 0 Å². The molecule has 0 aromatic carbocycles. The molecular weight excluding hydrogens is 377 g/mol. The zero-order valence-corrected chi connectivity index (χ0v) is 14.6. The Hall–Kier alpha value is -1.47. The van der Waals surface area contributed by atoms with Crippen LogP contribution < -0.4 is 4.90 Å². The second-order valence-electron chi connectivity index (χ2n) is 6.03. The Kier molecular flexibility index (Phi) is 5.55. The average Bonchev–Trinajstić information content (AvgIpc) is 2.87. The number of hydrogen-bond acceptors (Lipinski definition) is 7. The van der Waals surface area contributed by atoms with E-state index in [1.54, 1.807) is 13.8 Å². The summed E-state index contributed by atoms with van der Waals surface area (Å²) < 4.78 is 31.9. The van der Waals surface area contributed by atoms with Crippen LogP contribution in [0.15, 0.2) is 0 Å². The summed E-state index contributed by atoms with van der Waals surface area (Å²) in [5, 5.41) is 17.3. The van der Waals surface area contributed by atoms with Crippen LogP contribution in [0.2, 0.25) is 0 Å². The zero-order valence-electron chi connectivity index (χ0n) is 13.7. The van der Waals surface area contributed by atoms with Crippen LogP contribution in [0, 0.1) is 13.8 Å². The van der Waals surface area contributed by atoms with Gasteiger partial charge in [-0.15, -0.1) is 5.10 Å². The van der Waals surface area contributed by atoms with Crippen molar-refractivity contribution in [2.45, 2.75) is 32.4 Å². The third kappa shape index (κ3) is 3.05. The number of rotatable bonds is 2. The molecule has 2 saturated heterocycles. The molecule has 138 valence electrons. The third-order valence-corrected chi connectivity index (χ3v) is 5.61. The number of aromatic hydroxyl groups is 1. The third-order valence-electron chi connectivity index (χ3n) is 4.66. The van der Waals surface area contributed by atoms with Crippen molar-refractivity contribution in [2.75, 3.05) is 18.5 Å². The molecule has 13 heteroatoms. The van der Waals surface area contributed by atoms with Gasteiger partial charge in [0.25, 0.3) is 11.8 Å². The van der Waals surface area contributed by atoms with Crippen molar-refractivity contribution in [3.63, 3.8) is 0 Å². The SMILES string of the molecule is Cc1nnc(O)c(N(C)C(=O)N2CC[C@@H]3[C@H]2C(=O)N3S(=O)(=O)O)c1C.[NaH]. The minimum atomic E-state index is -4.64. The second-order valence-corrected chi connectivity index (χ2v) is 7.32. The molecule has 2 fully saturated rings. The first kappa shape index (κ1) is 20.8. The summed E-state index contributed by atoms with van der Waals surface area (Å²) in [6.07, 6.45) is 0.231. The number of aryl methyl sites for hydroxylation is 1. The molecule has 11 nitrogen and oxygen atoms in total. The molecule has 0 saturated carbocycles. The number of fused-ring (bicyclic) bond motifs is 1. The number of likely N-dealkylation sites (tertiary alicyclic amines) is 1. The van der Waals surface area contributed by atoms with Gasteiger partial charge < -0.3 is 10.0 Å². The summed E-state index contributed by atoms with van der Waals surface area (Å²) in [6.45, 7) is 3.49. The number of hydrogen-bond donors (Lipinski definition) is 2. The molecule has 2 aliphatic rings. The Balaban J connectivity index is 0.00000243. The average molecular weight is 395 g/mol. The molecule has 3 heterocycles. The number of nitrogens with zero attached hydrogens (tertiary/aromatic N) is 5. The maximum atomic E-state index is 12.8. The van der Waals surface area contributed by atoms with E-state index in [2.05, 4.69) is 10.2 Å². The topological polar surface area (TPSA) is 144 Å². The molecule has 0 aliphatic carbocycles. The van der Waals surface area contributed by atoms with Gasteiger partial charge in [0.2, 0.25) is 0 Å². The first-order chi connectivity index (χ1) is 11.6. The van der Waals surface area contributed by atoms with Gasteiger partial charge in [-0.05, 0) is 20.3 Å². The van der Waals surface area contributed by atoms with Gasteiger partial charge in [-0.2, -0.15) is 13.5 Å². The molecule has 0 spiro atoms. The number of aromatic nitrogens is 2. The van der Waals surface area contributed by atoms with Crippen LogP contribution in [0.5, 0.6) is 5.88 Å². The fourth-order valence-corrected chi connectivity index (χ4v) is 4.20. The first-order valence-corrected chi connectivity index (χ1v) is 8.83. The normalized spacial score (nSPS) is 21.8. The molecule has 0 unspecified atom stereocenters. The van der Waals surface area contributed by atoms with Gasteiger partial charge in [0, 0.05) is 19.2 Å². The molecule has 2 N–H and O–H groups in total. The number of carbonyl (C=O) groups is 2. The predicted octanol–water partition coefficient (Wildman–Crippen LogP) is -1.21. The van der Waals surface area contributed by atoms with Crippen molar-refractivity contribution in [1.29, 1.82) is 0 Å². The molecule has 0 radical (unpaired) electrons. The van der Waals surface area contributed by atoms with Crippen molar-refractivity contribution in [3.8, 4) is 5.88 Å². The molecule has 1 aromatic heterocycles. The number of amides is 3. The van der Waals surface area contributed by atoms with E-state index in [0.717, 1.165) is 4.90 Å². The zero-order chi connectivity index (χ0) is 18.7. The summed E-state index contributed by atoms with van der Waals surface area (Å²) in [5.74, 6) is -1.27. The standard InChI is InChI=1S/C13H17N5O6S.Na.H/c1-6-7(2)14-15-11(19)9(6)16(3)13(21)17-5-4-8-10(17)12(20)18(8)25(22,23)24;;/h8,10H,4-5H2,1-3H3,(H,15,19)(H,22,23,24);;/t8-,10+;;/m1../s1. The van der Waals surface area contributed by atoms with E-state index in [1.807, 2.05) is 0 Å². The molecule has 3 rings (SSSR count). The summed E-state index contributed by atoms with van der Waals surface area (Å²) in [5.41, 5.74) is 1.25. The van der Waals surface area contributed by atoms with Gasteiger partial charge in [0.15, 0.2) is 0 Å². The predicted molar refractivity (Wildman–Crippen MR) is 91.4 cm³/mol. The Labute approximate surface area is 172 Å². The van der Waals surface area contributed by atoms with Gasteiger partial charge in [-0.3, -0.25) is 14.2 Å². The quantitative estimate of drug-likeness (QED) is 0.361. The van der Waals surface area contributed by atoms with E-state index in [4.69, 9.17) is 4.55 Å². The van der Waals surface area contributed by atoms with Crippen LogP contribution in [-0.4, -0.2) is 105 Å².